The van der Waals surface area contributed by atoms with Crippen LogP contribution in [0.2, 0.25) is 0 Å². The number of hydrogen-bond acceptors (Lipinski definition) is 4. The van der Waals surface area contributed by atoms with Crippen molar-refractivity contribution in [3.8, 4) is 0 Å². The number of nitrogens with zero attached hydrogens (tertiary/aromatic N) is 3. The molecule has 82 valence electrons. The zero-order valence-corrected chi connectivity index (χ0v) is 9.25. The van der Waals surface area contributed by atoms with E-state index < -0.39 is 6.10 Å². The van der Waals surface area contributed by atoms with Crippen molar-refractivity contribution in [2.75, 3.05) is 0 Å². The van der Waals surface area contributed by atoms with E-state index in [4.69, 9.17) is 0 Å². The molecule has 1 atom stereocenters. The molecule has 4 heteroatoms. The Balaban J connectivity index is 2.38. The molecule has 2 heterocycles. The number of aromatic nitrogens is 3. The highest BCUT2D eigenvalue weighted by molar-refractivity contribution is 5.29. The van der Waals surface area contributed by atoms with Gasteiger partial charge in [0.1, 0.15) is 12.4 Å². The number of aryl methyl sites for hydroxylation is 2. The maximum Gasteiger partial charge on any atom is 0.124 e. The molecule has 0 fully saturated rings. The standard InChI is InChI=1S/C12H13N3O/c1-8-3-9(2)11(15-4-8)12(16)10-5-13-7-14-6-10/h3-7,12,16H,1-2H3. The summed E-state index contributed by atoms with van der Waals surface area (Å²) in [5.74, 6) is 0. The Bertz CT molecular complexity index is 485. The predicted molar refractivity (Wildman–Crippen MR) is 59.8 cm³/mol. The molecule has 0 aliphatic rings. The van der Waals surface area contributed by atoms with E-state index in [1.54, 1.807) is 18.6 Å². The van der Waals surface area contributed by atoms with Crippen LogP contribution in [0.3, 0.4) is 0 Å². The fourth-order valence-corrected chi connectivity index (χ4v) is 1.62. The van der Waals surface area contributed by atoms with Crippen LogP contribution in [-0.2, 0) is 0 Å². The van der Waals surface area contributed by atoms with E-state index in [1.165, 1.54) is 6.33 Å². The Morgan fingerprint density at radius 3 is 2.44 bits per heavy atom. The van der Waals surface area contributed by atoms with Crippen LogP contribution < -0.4 is 0 Å². The maximum absolute atomic E-state index is 10.1. The van der Waals surface area contributed by atoms with Crippen LogP contribution in [0.15, 0.2) is 31.0 Å². The molecule has 16 heavy (non-hydrogen) atoms. The lowest BCUT2D eigenvalue weighted by molar-refractivity contribution is 0.213. The lowest BCUT2D eigenvalue weighted by Crippen LogP contribution is -2.05. The predicted octanol–water partition coefficient (Wildman–Crippen LogP) is 1.57. The monoisotopic (exact) mass is 215 g/mol. The van der Waals surface area contributed by atoms with Crippen LogP contribution in [-0.4, -0.2) is 20.1 Å². The molecule has 4 nitrogen and oxygen atoms in total. The smallest absolute Gasteiger partial charge is 0.124 e. The normalized spacial score (nSPS) is 12.4. The van der Waals surface area contributed by atoms with Gasteiger partial charge in [0.15, 0.2) is 0 Å². The second-order valence-electron chi connectivity index (χ2n) is 3.79. The minimum absolute atomic E-state index is 0.653. The average Bonchev–Trinajstić information content (AvgIpc) is 2.29. The third-order valence-corrected chi connectivity index (χ3v) is 2.41. The van der Waals surface area contributed by atoms with Gasteiger partial charge in [0, 0.05) is 24.2 Å². The summed E-state index contributed by atoms with van der Waals surface area (Å²) < 4.78 is 0. The molecule has 0 radical (unpaired) electrons. The summed E-state index contributed by atoms with van der Waals surface area (Å²) in [7, 11) is 0. The van der Waals surface area contributed by atoms with Crippen molar-refractivity contribution in [3.05, 3.63) is 53.4 Å². The summed E-state index contributed by atoms with van der Waals surface area (Å²) in [6, 6.07) is 2.00. The summed E-state index contributed by atoms with van der Waals surface area (Å²) in [4.78, 5) is 12.0. The van der Waals surface area contributed by atoms with Crippen LogP contribution in [0.25, 0.3) is 0 Å². The van der Waals surface area contributed by atoms with E-state index in [-0.39, 0.29) is 0 Å². The van der Waals surface area contributed by atoms with Gasteiger partial charge in [0.2, 0.25) is 0 Å². The van der Waals surface area contributed by atoms with Gasteiger partial charge in [0.05, 0.1) is 5.69 Å². The lowest BCUT2D eigenvalue weighted by Gasteiger charge is -2.12. The van der Waals surface area contributed by atoms with Crippen LogP contribution >= 0.6 is 0 Å². The van der Waals surface area contributed by atoms with Crippen LogP contribution in [0.5, 0.6) is 0 Å². The highest BCUT2D eigenvalue weighted by Gasteiger charge is 2.14. The van der Waals surface area contributed by atoms with E-state index in [0.717, 1.165) is 11.1 Å². The molecule has 2 rings (SSSR count). The average molecular weight is 215 g/mol. The van der Waals surface area contributed by atoms with E-state index in [2.05, 4.69) is 15.0 Å². The van der Waals surface area contributed by atoms with E-state index in [1.807, 2.05) is 19.9 Å². The van der Waals surface area contributed by atoms with Crippen molar-refractivity contribution in [2.24, 2.45) is 0 Å². The third kappa shape index (κ3) is 2.06. The van der Waals surface area contributed by atoms with Gasteiger partial charge in [-0.1, -0.05) is 6.07 Å². The third-order valence-electron chi connectivity index (χ3n) is 2.41. The number of aliphatic hydroxyl groups excluding tert-OH is 1. The first-order chi connectivity index (χ1) is 7.68. The van der Waals surface area contributed by atoms with Crippen LogP contribution in [0, 0.1) is 13.8 Å². The highest BCUT2D eigenvalue weighted by atomic mass is 16.3. The lowest BCUT2D eigenvalue weighted by atomic mass is 10.0. The largest absolute Gasteiger partial charge is 0.382 e. The van der Waals surface area contributed by atoms with Gasteiger partial charge < -0.3 is 5.11 Å². The molecular formula is C12H13N3O. The minimum Gasteiger partial charge on any atom is -0.382 e. The molecule has 1 unspecified atom stereocenters. The van der Waals surface area contributed by atoms with Gasteiger partial charge in [-0.2, -0.15) is 0 Å². The van der Waals surface area contributed by atoms with Gasteiger partial charge in [-0.15, -0.1) is 0 Å². The molecule has 2 aromatic heterocycles. The maximum atomic E-state index is 10.1. The molecule has 0 bridgehead atoms. The van der Waals surface area contributed by atoms with Crippen molar-refractivity contribution in [1.29, 1.82) is 0 Å². The van der Waals surface area contributed by atoms with E-state index in [9.17, 15) is 5.11 Å². The minimum atomic E-state index is -0.762. The van der Waals surface area contributed by atoms with Gasteiger partial charge >= 0.3 is 0 Å². The number of rotatable bonds is 2. The summed E-state index contributed by atoms with van der Waals surface area (Å²) in [5.41, 5.74) is 3.36. The second kappa shape index (κ2) is 4.37. The van der Waals surface area contributed by atoms with E-state index in [0.29, 0.717) is 11.3 Å². The topological polar surface area (TPSA) is 58.9 Å². The Hall–Kier alpha value is -1.81. The molecule has 0 aromatic carbocycles. The van der Waals surface area contributed by atoms with Gasteiger partial charge in [-0.3, -0.25) is 4.98 Å². The molecule has 0 amide bonds. The first kappa shape index (κ1) is 10.7. The quantitative estimate of drug-likeness (QED) is 0.826. The van der Waals surface area contributed by atoms with Crippen LogP contribution in [0.4, 0.5) is 0 Å². The van der Waals surface area contributed by atoms with Crippen molar-refractivity contribution in [2.45, 2.75) is 20.0 Å². The van der Waals surface area contributed by atoms with Crippen LogP contribution in [0.1, 0.15) is 28.5 Å². The molecule has 2 aromatic rings. The zero-order valence-electron chi connectivity index (χ0n) is 9.25. The molecule has 0 saturated carbocycles. The summed E-state index contributed by atoms with van der Waals surface area (Å²) in [5, 5.41) is 10.1. The van der Waals surface area contributed by atoms with Crippen molar-refractivity contribution in [3.63, 3.8) is 0 Å². The van der Waals surface area contributed by atoms with Gasteiger partial charge in [0.25, 0.3) is 0 Å². The Morgan fingerprint density at radius 2 is 1.81 bits per heavy atom. The van der Waals surface area contributed by atoms with Crippen molar-refractivity contribution in [1.82, 2.24) is 15.0 Å². The number of pyridine rings is 1. The molecule has 0 saturated heterocycles. The second-order valence-corrected chi connectivity index (χ2v) is 3.79. The number of aliphatic hydroxyl groups is 1. The first-order valence-corrected chi connectivity index (χ1v) is 5.04. The SMILES string of the molecule is Cc1cnc(C(O)c2cncnc2)c(C)c1. The highest BCUT2D eigenvalue weighted by Crippen LogP contribution is 2.21. The van der Waals surface area contributed by atoms with Crippen molar-refractivity contribution >= 4 is 0 Å². The Morgan fingerprint density at radius 1 is 1.12 bits per heavy atom. The van der Waals surface area contributed by atoms with Gasteiger partial charge in [-0.25, -0.2) is 9.97 Å². The summed E-state index contributed by atoms with van der Waals surface area (Å²) in [6.45, 7) is 3.91. The summed E-state index contributed by atoms with van der Waals surface area (Å²) >= 11 is 0. The fourth-order valence-electron chi connectivity index (χ4n) is 1.62. The zero-order chi connectivity index (χ0) is 11.5. The van der Waals surface area contributed by atoms with Gasteiger partial charge in [-0.05, 0) is 25.0 Å². The molecule has 1 N–H and O–H groups in total. The Labute approximate surface area is 94.0 Å². The number of hydrogen-bond donors (Lipinski definition) is 1. The molecule has 0 aliphatic heterocycles. The Kier molecular flexibility index (Phi) is 2.92. The molecule has 0 spiro atoms. The first-order valence-electron chi connectivity index (χ1n) is 5.04. The fraction of sp³-hybridized carbons (Fsp3) is 0.250. The van der Waals surface area contributed by atoms with Crippen molar-refractivity contribution < 1.29 is 5.11 Å². The summed E-state index contributed by atoms with van der Waals surface area (Å²) in [6.07, 6.45) is 5.61. The molecular weight excluding hydrogens is 202 g/mol. The van der Waals surface area contributed by atoms with E-state index >= 15 is 0 Å². The molecule has 0 aliphatic carbocycles.